The van der Waals surface area contributed by atoms with Gasteiger partial charge in [-0.15, -0.1) is 10.2 Å². The van der Waals surface area contributed by atoms with Gasteiger partial charge in [-0.2, -0.15) is 0 Å². The molecule has 0 bridgehead atoms. The zero-order valence-electron chi connectivity index (χ0n) is 15.3. The first kappa shape index (κ1) is 18.6. The van der Waals surface area contributed by atoms with Crippen LogP contribution in [-0.2, 0) is 16.4 Å². The minimum absolute atomic E-state index is 0.0807. The Bertz CT molecular complexity index is 1160. The number of nitrogens with one attached hydrogen (secondary N) is 1. The molecule has 9 heteroatoms. The van der Waals surface area contributed by atoms with Crippen LogP contribution in [0.4, 0.5) is 10.8 Å². The zero-order valence-corrected chi connectivity index (χ0v) is 16.9. The molecule has 0 saturated carbocycles. The number of aryl methyl sites for hydroxylation is 1. The van der Waals surface area contributed by atoms with Crippen LogP contribution in [0.25, 0.3) is 0 Å². The number of carbonyl (C=O) groups excluding carboxylic acids is 1. The van der Waals surface area contributed by atoms with Crippen molar-refractivity contribution in [2.75, 3.05) is 9.62 Å². The van der Waals surface area contributed by atoms with Gasteiger partial charge in [-0.05, 0) is 50.1 Å². The Labute approximate surface area is 167 Å². The molecular formula is C19H18N4O3S2. The second-order valence-electron chi connectivity index (χ2n) is 6.59. The lowest BCUT2D eigenvalue weighted by Crippen LogP contribution is -2.35. The van der Waals surface area contributed by atoms with Crippen molar-refractivity contribution in [1.82, 2.24) is 10.2 Å². The highest BCUT2D eigenvalue weighted by molar-refractivity contribution is 7.92. The highest BCUT2D eigenvalue weighted by Crippen LogP contribution is 2.36. The number of hydrogen-bond donors (Lipinski definition) is 1. The molecule has 2 heterocycles. The Morgan fingerprint density at radius 1 is 1.18 bits per heavy atom. The molecule has 0 aliphatic carbocycles. The van der Waals surface area contributed by atoms with Gasteiger partial charge in [0.1, 0.15) is 5.01 Å². The number of benzene rings is 2. The Hall–Kier alpha value is -2.78. The van der Waals surface area contributed by atoms with Crippen LogP contribution >= 0.6 is 11.3 Å². The number of sulfonamides is 1. The Balaban J connectivity index is 1.66. The molecule has 0 saturated heterocycles. The maximum Gasteiger partial charge on any atom is 0.264 e. The molecule has 1 amide bonds. The van der Waals surface area contributed by atoms with Gasteiger partial charge in [-0.3, -0.25) is 14.4 Å². The summed E-state index contributed by atoms with van der Waals surface area (Å²) >= 11 is 1.25. The van der Waals surface area contributed by atoms with E-state index >= 15 is 0 Å². The minimum atomic E-state index is -3.80. The number of rotatable bonds is 4. The molecule has 1 N–H and O–H groups in total. The number of anilines is 2. The van der Waals surface area contributed by atoms with Crippen molar-refractivity contribution < 1.29 is 13.2 Å². The van der Waals surface area contributed by atoms with Gasteiger partial charge < -0.3 is 0 Å². The molecule has 1 atom stereocenters. The van der Waals surface area contributed by atoms with E-state index in [0.717, 1.165) is 10.6 Å². The summed E-state index contributed by atoms with van der Waals surface area (Å²) in [6, 6.07) is 13.3. The van der Waals surface area contributed by atoms with Gasteiger partial charge in [0.2, 0.25) is 5.13 Å². The molecule has 2 aromatic carbocycles. The Kier molecular flexibility index (Phi) is 4.64. The molecule has 0 spiro atoms. The largest absolute Gasteiger partial charge is 0.296 e. The number of hydrogen-bond acceptors (Lipinski definition) is 6. The van der Waals surface area contributed by atoms with Crippen LogP contribution in [0.5, 0.6) is 0 Å². The van der Waals surface area contributed by atoms with Crippen molar-refractivity contribution in [1.29, 1.82) is 0 Å². The minimum Gasteiger partial charge on any atom is -0.296 e. The number of nitrogens with zero attached hydrogens (tertiary/aromatic N) is 3. The smallest absolute Gasteiger partial charge is 0.264 e. The lowest BCUT2D eigenvalue weighted by molar-refractivity contribution is 0.102. The van der Waals surface area contributed by atoms with E-state index < -0.39 is 15.9 Å². The summed E-state index contributed by atoms with van der Waals surface area (Å²) in [6.07, 6.45) is 0.659. The number of fused-ring (bicyclic) bond motifs is 1. The van der Waals surface area contributed by atoms with Crippen LogP contribution in [0.2, 0.25) is 0 Å². The second kappa shape index (κ2) is 6.99. The predicted molar refractivity (Wildman–Crippen MR) is 108 cm³/mol. The zero-order chi connectivity index (χ0) is 19.9. The standard InChI is InChI=1S/C19H18N4O3S2/c1-12-10-14-6-3-4-9-17(14)23(12)28(25,26)16-8-5-7-15(11-16)18(24)20-19-22-21-13(2)27-19/h3-9,11-12H,10H2,1-2H3,(H,20,22,24). The van der Waals surface area contributed by atoms with E-state index in [1.807, 2.05) is 31.2 Å². The van der Waals surface area contributed by atoms with E-state index in [4.69, 9.17) is 0 Å². The maximum absolute atomic E-state index is 13.3. The van der Waals surface area contributed by atoms with Gasteiger partial charge in [0.25, 0.3) is 15.9 Å². The van der Waals surface area contributed by atoms with E-state index in [1.54, 1.807) is 19.1 Å². The van der Waals surface area contributed by atoms with Gasteiger partial charge >= 0.3 is 0 Å². The predicted octanol–water partition coefficient (Wildman–Crippen LogP) is 3.24. The number of para-hydroxylation sites is 1. The molecule has 0 fully saturated rings. The summed E-state index contributed by atoms with van der Waals surface area (Å²) in [4.78, 5) is 12.6. The van der Waals surface area contributed by atoms with E-state index in [0.29, 0.717) is 17.2 Å². The van der Waals surface area contributed by atoms with E-state index in [9.17, 15) is 13.2 Å². The quantitative estimate of drug-likeness (QED) is 0.708. The number of carbonyl (C=O) groups is 1. The molecule has 7 nitrogen and oxygen atoms in total. The fourth-order valence-electron chi connectivity index (χ4n) is 3.33. The van der Waals surface area contributed by atoms with E-state index in [2.05, 4.69) is 15.5 Å². The van der Waals surface area contributed by atoms with Crippen molar-refractivity contribution in [3.63, 3.8) is 0 Å². The highest BCUT2D eigenvalue weighted by Gasteiger charge is 2.36. The molecule has 144 valence electrons. The van der Waals surface area contributed by atoms with Crippen molar-refractivity contribution in [3.05, 3.63) is 64.7 Å². The lowest BCUT2D eigenvalue weighted by Gasteiger charge is -2.24. The van der Waals surface area contributed by atoms with E-state index in [1.165, 1.54) is 27.8 Å². The molecule has 1 aromatic heterocycles. The second-order valence-corrected chi connectivity index (χ2v) is 9.59. The van der Waals surface area contributed by atoms with Crippen LogP contribution < -0.4 is 9.62 Å². The molecular weight excluding hydrogens is 396 g/mol. The molecule has 4 rings (SSSR count). The van der Waals surface area contributed by atoms with Crippen molar-refractivity contribution in [3.8, 4) is 0 Å². The van der Waals surface area contributed by atoms with Crippen molar-refractivity contribution >= 4 is 38.1 Å². The summed E-state index contributed by atoms with van der Waals surface area (Å²) in [5.74, 6) is -0.428. The fraction of sp³-hybridized carbons (Fsp3) is 0.211. The van der Waals surface area contributed by atoms with Gasteiger partial charge in [-0.1, -0.05) is 35.6 Å². The third-order valence-corrected chi connectivity index (χ3v) is 7.22. The monoisotopic (exact) mass is 414 g/mol. The SMILES string of the molecule is Cc1nnc(NC(=O)c2cccc(S(=O)(=O)N3c4ccccc4CC3C)c2)s1. The van der Waals surface area contributed by atoms with Gasteiger partial charge in [-0.25, -0.2) is 8.42 Å². The number of amides is 1. The topological polar surface area (TPSA) is 92.3 Å². The molecule has 1 aliphatic rings. The number of aromatic nitrogens is 2. The first-order valence-electron chi connectivity index (χ1n) is 8.70. The molecule has 1 unspecified atom stereocenters. The molecule has 0 radical (unpaired) electrons. The summed E-state index contributed by atoms with van der Waals surface area (Å²) in [5.41, 5.74) is 1.93. The summed E-state index contributed by atoms with van der Waals surface area (Å²) < 4.78 is 28.1. The summed E-state index contributed by atoms with van der Waals surface area (Å²) in [5, 5.41) is 11.5. The molecule has 28 heavy (non-hydrogen) atoms. The van der Waals surface area contributed by atoms with Gasteiger partial charge in [0, 0.05) is 11.6 Å². The van der Waals surface area contributed by atoms with Crippen LogP contribution in [0, 0.1) is 6.92 Å². The third kappa shape index (κ3) is 3.27. The Morgan fingerprint density at radius 2 is 1.96 bits per heavy atom. The third-order valence-electron chi connectivity index (χ3n) is 4.54. The first-order chi connectivity index (χ1) is 13.4. The normalized spacial score (nSPS) is 16.1. The van der Waals surface area contributed by atoms with Crippen LogP contribution in [-0.4, -0.2) is 30.6 Å². The van der Waals surface area contributed by atoms with E-state index in [-0.39, 0.29) is 16.5 Å². The van der Waals surface area contributed by atoms with Crippen molar-refractivity contribution in [2.45, 2.75) is 31.2 Å². The highest BCUT2D eigenvalue weighted by atomic mass is 32.2. The van der Waals surface area contributed by atoms with Gasteiger partial charge in [0.15, 0.2) is 0 Å². The average Bonchev–Trinajstić information content (AvgIpc) is 3.23. The molecule has 1 aliphatic heterocycles. The fourth-order valence-corrected chi connectivity index (χ4v) is 5.66. The van der Waals surface area contributed by atoms with Crippen LogP contribution in [0.15, 0.2) is 53.4 Å². The van der Waals surface area contributed by atoms with Crippen LogP contribution in [0.1, 0.15) is 27.9 Å². The summed E-state index contributed by atoms with van der Waals surface area (Å²) in [6.45, 7) is 3.67. The molecule has 3 aromatic rings. The van der Waals surface area contributed by atoms with Crippen molar-refractivity contribution in [2.24, 2.45) is 0 Å². The maximum atomic E-state index is 13.3. The lowest BCUT2D eigenvalue weighted by atomic mass is 10.1. The first-order valence-corrected chi connectivity index (χ1v) is 11.0. The average molecular weight is 415 g/mol. The van der Waals surface area contributed by atoms with Gasteiger partial charge in [0.05, 0.1) is 10.6 Å². The Morgan fingerprint density at radius 3 is 2.71 bits per heavy atom. The summed E-state index contributed by atoms with van der Waals surface area (Å²) in [7, 11) is -3.80. The van der Waals surface area contributed by atoms with Crippen LogP contribution in [0.3, 0.4) is 0 Å².